The van der Waals surface area contributed by atoms with Gasteiger partial charge in [-0.3, -0.25) is 9.59 Å². The Morgan fingerprint density at radius 2 is 1.69 bits per heavy atom. The number of nitrogens with one attached hydrogen (secondary N) is 2. The molecular formula is C20H19N3O2S. The zero-order valence-electron chi connectivity index (χ0n) is 14.4. The van der Waals surface area contributed by atoms with E-state index in [2.05, 4.69) is 22.5 Å². The molecule has 26 heavy (non-hydrogen) atoms. The maximum atomic E-state index is 12.3. The van der Waals surface area contributed by atoms with E-state index in [1.807, 2.05) is 54.6 Å². The Bertz CT molecular complexity index is 889. The second kappa shape index (κ2) is 8.40. The Balaban J connectivity index is 1.58. The van der Waals surface area contributed by atoms with Crippen molar-refractivity contribution in [2.45, 2.75) is 19.8 Å². The Kier molecular flexibility index (Phi) is 5.76. The molecular weight excluding hydrogens is 346 g/mol. The van der Waals surface area contributed by atoms with E-state index in [1.54, 1.807) is 5.38 Å². The number of carbonyl (C=O) groups is 2. The molecule has 0 unspecified atom stereocenters. The van der Waals surface area contributed by atoms with Crippen molar-refractivity contribution in [3.63, 3.8) is 0 Å². The first-order chi connectivity index (χ1) is 12.6. The molecule has 1 heterocycles. The van der Waals surface area contributed by atoms with Crippen molar-refractivity contribution in [1.29, 1.82) is 0 Å². The van der Waals surface area contributed by atoms with Crippen LogP contribution < -0.4 is 10.6 Å². The Labute approximate surface area is 156 Å². The van der Waals surface area contributed by atoms with Crippen LogP contribution in [0.3, 0.4) is 0 Å². The lowest BCUT2D eigenvalue weighted by atomic mass is 10.1. The predicted molar refractivity (Wildman–Crippen MR) is 105 cm³/mol. The van der Waals surface area contributed by atoms with Crippen molar-refractivity contribution in [3.05, 3.63) is 76.8 Å². The van der Waals surface area contributed by atoms with Gasteiger partial charge in [0.05, 0.1) is 6.42 Å². The molecule has 0 atom stereocenters. The van der Waals surface area contributed by atoms with Crippen LogP contribution in [0.1, 0.15) is 28.5 Å². The molecule has 0 aliphatic rings. The fraction of sp³-hybridized carbons (Fsp3) is 0.150. The standard InChI is InChI=1S/C20H19N3O2S/c1-2-14-8-10-16(11-9-14)21-19(25)17-13-26-20(22-17)23-18(24)12-15-6-4-3-5-7-15/h3-11,13H,2,12H2,1H3,(H,21,25)(H,22,23,24). The molecule has 3 rings (SSSR count). The summed E-state index contributed by atoms with van der Waals surface area (Å²) in [5, 5.41) is 7.59. The number of carbonyl (C=O) groups excluding carboxylic acids is 2. The van der Waals surface area contributed by atoms with Gasteiger partial charge in [0, 0.05) is 11.1 Å². The Morgan fingerprint density at radius 1 is 0.962 bits per heavy atom. The van der Waals surface area contributed by atoms with E-state index < -0.39 is 0 Å². The summed E-state index contributed by atoms with van der Waals surface area (Å²) >= 11 is 1.23. The van der Waals surface area contributed by atoms with Gasteiger partial charge in [0.1, 0.15) is 5.69 Å². The molecule has 0 radical (unpaired) electrons. The van der Waals surface area contributed by atoms with Crippen LogP contribution in [0.25, 0.3) is 0 Å². The molecule has 0 fully saturated rings. The molecule has 132 valence electrons. The van der Waals surface area contributed by atoms with Gasteiger partial charge in [0.25, 0.3) is 5.91 Å². The van der Waals surface area contributed by atoms with E-state index in [0.29, 0.717) is 5.13 Å². The zero-order valence-corrected chi connectivity index (χ0v) is 15.2. The molecule has 0 spiro atoms. The van der Waals surface area contributed by atoms with Gasteiger partial charge >= 0.3 is 0 Å². The molecule has 0 bridgehead atoms. The highest BCUT2D eigenvalue weighted by atomic mass is 32.1. The predicted octanol–water partition coefficient (Wildman–Crippen LogP) is 4.14. The number of amides is 2. The van der Waals surface area contributed by atoms with Crippen molar-refractivity contribution in [2.75, 3.05) is 10.6 Å². The lowest BCUT2D eigenvalue weighted by Crippen LogP contribution is -2.15. The van der Waals surface area contributed by atoms with E-state index >= 15 is 0 Å². The van der Waals surface area contributed by atoms with Crippen LogP contribution in [0.2, 0.25) is 0 Å². The molecule has 2 N–H and O–H groups in total. The normalized spacial score (nSPS) is 10.3. The first-order valence-electron chi connectivity index (χ1n) is 8.33. The van der Waals surface area contributed by atoms with Crippen LogP contribution in [0.15, 0.2) is 60.0 Å². The second-order valence-electron chi connectivity index (χ2n) is 5.75. The fourth-order valence-corrected chi connectivity index (χ4v) is 3.11. The van der Waals surface area contributed by atoms with Gasteiger partial charge < -0.3 is 10.6 Å². The number of rotatable bonds is 6. The van der Waals surface area contributed by atoms with Crippen LogP contribution >= 0.6 is 11.3 Å². The van der Waals surface area contributed by atoms with E-state index in [9.17, 15) is 9.59 Å². The van der Waals surface area contributed by atoms with Crippen molar-refractivity contribution < 1.29 is 9.59 Å². The summed E-state index contributed by atoms with van der Waals surface area (Å²) in [6.07, 6.45) is 1.22. The highest BCUT2D eigenvalue weighted by molar-refractivity contribution is 7.14. The molecule has 0 aliphatic heterocycles. The second-order valence-corrected chi connectivity index (χ2v) is 6.61. The summed E-state index contributed by atoms with van der Waals surface area (Å²) in [5.41, 5.74) is 3.13. The minimum Gasteiger partial charge on any atom is -0.321 e. The average Bonchev–Trinajstić information content (AvgIpc) is 3.11. The summed E-state index contributed by atoms with van der Waals surface area (Å²) in [6, 6.07) is 17.2. The highest BCUT2D eigenvalue weighted by Crippen LogP contribution is 2.18. The van der Waals surface area contributed by atoms with Gasteiger partial charge in [0.15, 0.2) is 5.13 Å². The average molecular weight is 365 g/mol. The van der Waals surface area contributed by atoms with Crippen LogP contribution in [0.4, 0.5) is 10.8 Å². The van der Waals surface area contributed by atoms with Gasteiger partial charge in [-0.05, 0) is 29.7 Å². The molecule has 2 aromatic carbocycles. The number of aryl methyl sites for hydroxylation is 1. The number of nitrogens with zero attached hydrogens (tertiary/aromatic N) is 1. The summed E-state index contributed by atoms with van der Waals surface area (Å²) in [6.45, 7) is 2.08. The number of benzene rings is 2. The number of thiazole rings is 1. The lowest BCUT2D eigenvalue weighted by Gasteiger charge is -2.04. The molecule has 0 aliphatic carbocycles. The van der Waals surface area contributed by atoms with Gasteiger partial charge in [-0.15, -0.1) is 11.3 Å². The van der Waals surface area contributed by atoms with Crippen molar-refractivity contribution in [2.24, 2.45) is 0 Å². The monoisotopic (exact) mass is 365 g/mol. The first kappa shape index (κ1) is 17.8. The van der Waals surface area contributed by atoms with Crippen molar-refractivity contribution in [3.8, 4) is 0 Å². The fourth-order valence-electron chi connectivity index (χ4n) is 2.40. The van der Waals surface area contributed by atoms with Gasteiger partial charge in [-0.2, -0.15) is 0 Å². The van der Waals surface area contributed by atoms with Crippen LogP contribution in [0, 0.1) is 0 Å². The van der Waals surface area contributed by atoms with Gasteiger partial charge in [-0.1, -0.05) is 49.4 Å². The molecule has 6 heteroatoms. The van der Waals surface area contributed by atoms with Crippen LogP contribution in [0.5, 0.6) is 0 Å². The number of anilines is 2. The highest BCUT2D eigenvalue weighted by Gasteiger charge is 2.13. The minimum absolute atomic E-state index is 0.160. The van der Waals surface area contributed by atoms with E-state index in [0.717, 1.165) is 17.7 Å². The maximum absolute atomic E-state index is 12.3. The third-order valence-electron chi connectivity index (χ3n) is 3.81. The van der Waals surface area contributed by atoms with Gasteiger partial charge in [-0.25, -0.2) is 4.98 Å². The Morgan fingerprint density at radius 3 is 2.38 bits per heavy atom. The molecule has 3 aromatic rings. The molecule has 5 nitrogen and oxygen atoms in total. The van der Waals surface area contributed by atoms with Crippen molar-refractivity contribution >= 4 is 34.0 Å². The molecule has 1 aromatic heterocycles. The molecule has 2 amide bonds. The number of hydrogen-bond acceptors (Lipinski definition) is 4. The van der Waals surface area contributed by atoms with E-state index in [-0.39, 0.29) is 23.9 Å². The van der Waals surface area contributed by atoms with Gasteiger partial charge in [0.2, 0.25) is 5.91 Å². The van der Waals surface area contributed by atoms with Crippen LogP contribution in [-0.2, 0) is 17.6 Å². The zero-order chi connectivity index (χ0) is 18.4. The van der Waals surface area contributed by atoms with E-state index in [4.69, 9.17) is 0 Å². The SMILES string of the molecule is CCc1ccc(NC(=O)c2csc(NC(=O)Cc3ccccc3)n2)cc1. The number of hydrogen-bond donors (Lipinski definition) is 2. The van der Waals surface area contributed by atoms with E-state index in [1.165, 1.54) is 16.9 Å². The summed E-state index contributed by atoms with van der Waals surface area (Å²) in [4.78, 5) is 28.5. The molecule has 0 saturated carbocycles. The van der Waals surface area contributed by atoms with Crippen molar-refractivity contribution in [1.82, 2.24) is 4.98 Å². The Hall–Kier alpha value is -2.99. The maximum Gasteiger partial charge on any atom is 0.275 e. The minimum atomic E-state index is -0.297. The van der Waals surface area contributed by atoms with Crippen LogP contribution in [-0.4, -0.2) is 16.8 Å². The lowest BCUT2D eigenvalue weighted by molar-refractivity contribution is -0.115. The summed E-state index contributed by atoms with van der Waals surface area (Å²) in [5.74, 6) is -0.457. The summed E-state index contributed by atoms with van der Waals surface area (Å²) < 4.78 is 0. The third kappa shape index (κ3) is 4.77. The topological polar surface area (TPSA) is 71.1 Å². The first-order valence-corrected chi connectivity index (χ1v) is 9.21. The largest absolute Gasteiger partial charge is 0.321 e. The molecule has 0 saturated heterocycles. The quantitative estimate of drug-likeness (QED) is 0.690. The number of aromatic nitrogens is 1. The third-order valence-corrected chi connectivity index (χ3v) is 4.57. The summed E-state index contributed by atoms with van der Waals surface area (Å²) in [7, 11) is 0. The smallest absolute Gasteiger partial charge is 0.275 e.